The van der Waals surface area contributed by atoms with Gasteiger partial charge >= 0.3 is 5.97 Å². The Kier molecular flexibility index (Phi) is 14.2. The Hall–Kier alpha value is -4.28. The molecule has 16 heteroatoms. The number of ether oxygens (including phenoxy) is 2. The van der Waals surface area contributed by atoms with Gasteiger partial charge in [0.25, 0.3) is 14.4 Å². The van der Waals surface area contributed by atoms with E-state index in [4.69, 9.17) is 47.0 Å². The quantitative estimate of drug-likeness (QED) is 0.0887. The van der Waals surface area contributed by atoms with Crippen molar-refractivity contribution >= 4 is 66.8 Å². The Morgan fingerprint density at radius 3 is 2.00 bits per heavy atom. The third kappa shape index (κ3) is 8.43. The molecule has 3 aromatic rings. The van der Waals surface area contributed by atoms with Crippen molar-refractivity contribution in [3.63, 3.8) is 0 Å². The van der Waals surface area contributed by atoms with Crippen LogP contribution in [0.2, 0.25) is 10.0 Å². The van der Waals surface area contributed by atoms with E-state index in [1.54, 1.807) is 21.9 Å². The molecule has 3 amide bonds. The number of hydrogen-bond donors (Lipinski definition) is 1. The number of carbonyl (C=O) groups is 4. The third-order valence-electron chi connectivity index (χ3n) is 11.9. The molecule has 13 nitrogen and oxygen atoms in total. The van der Waals surface area contributed by atoms with E-state index in [1.165, 1.54) is 19.9 Å². The predicted octanol–water partition coefficient (Wildman–Crippen LogP) is 9.74. The lowest BCUT2D eigenvalue weighted by atomic mass is 9.74. The van der Waals surface area contributed by atoms with Crippen LogP contribution in [0.5, 0.6) is 11.5 Å². The first kappa shape index (κ1) is 45.7. The van der Waals surface area contributed by atoms with Crippen molar-refractivity contribution in [3.05, 3.63) is 79.3 Å². The number of halogens is 2. The number of unbranched alkanes of at least 4 members (excludes halogenated alkanes) is 3. The minimum atomic E-state index is -1.67. The number of hydrogen-bond acceptors (Lipinski definition) is 10. The Balaban J connectivity index is 1.15. The number of esters is 1. The second kappa shape index (κ2) is 19.2. The molecule has 0 radical (unpaired) electrons. The van der Waals surface area contributed by atoms with Gasteiger partial charge in [0.05, 0.1) is 58.3 Å². The molecule has 7 rings (SSSR count). The highest BCUT2D eigenvalue weighted by Crippen LogP contribution is 2.62. The van der Waals surface area contributed by atoms with Gasteiger partial charge in [0, 0.05) is 73.4 Å². The van der Waals surface area contributed by atoms with Crippen LogP contribution >= 0.6 is 31.7 Å². The number of nitrogens with zero attached hydrogens (tertiary/aromatic N) is 4. The topological polar surface area (TPSA) is 151 Å². The highest BCUT2D eigenvalue weighted by atomic mass is 35.5. The Morgan fingerprint density at radius 1 is 0.887 bits per heavy atom. The molecular weight excluding hydrogens is 852 g/mol. The first-order valence-electron chi connectivity index (χ1n) is 21.5. The summed E-state index contributed by atoms with van der Waals surface area (Å²) in [6.45, 7) is 13.8. The standard InChI is InChI=1S/C46H54Cl2N5O8P/c1-27(2)53(28(3)4)62(59-25-13-20-49)58-24-10-8-7-9-21-50-44(56)33-26-36(47)39-40(41(33)48)46(61-45(39)57)34-16-18-37-31(14-11-22-51(37)29(5)54)42(34)60-43-32-15-12-23-52(30(6)55)38(32)19-17-35(43)46/h16-19,26-28H,7-15,21-25H2,1-6H3,(H,50,56). The Labute approximate surface area is 374 Å². The molecule has 1 N–H and O–H groups in total. The van der Waals surface area contributed by atoms with Crippen LogP contribution < -0.4 is 19.9 Å². The summed E-state index contributed by atoms with van der Waals surface area (Å²) < 4.78 is 27.9. The normalized spacial score (nSPS) is 16.3. The van der Waals surface area contributed by atoms with E-state index < -0.39 is 26.0 Å². The average Bonchev–Trinajstić information content (AvgIpc) is 3.55. The number of fused-ring (bicyclic) bond motifs is 10. The van der Waals surface area contributed by atoms with Crippen LogP contribution in [0.1, 0.15) is 135 Å². The van der Waals surface area contributed by atoms with Crippen molar-refractivity contribution < 1.29 is 37.7 Å². The van der Waals surface area contributed by atoms with Crippen molar-refractivity contribution in [1.29, 1.82) is 5.26 Å². The maximum Gasteiger partial charge on any atom is 0.341 e. The van der Waals surface area contributed by atoms with E-state index in [0.29, 0.717) is 105 Å². The molecule has 0 fully saturated rings. The first-order valence-corrected chi connectivity index (χ1v) is 23.4. The lowest BCUT2D eigenvalue weighted by Gasteiger charge is -2.41. The number of rotatable bonds is 15. The van der Waals surface area contributed by atoms with Gasteiger partial charge in [-0.3, -0.25) is 14.4 Å². The Morgan fingerprint density at radius 2 is 1.45 bits per heavy atom. The highest BCUT2D eigenvalue weighted by molar-refractivity contribution is 7.44. The fraction of sp³-hybridized carbons (Fsp3) is 0.500. The summed E-state index contributed by atoms with van der Waals surface area (Å²) >= 11 is 14.3. The van der Waals surface area contributed by atoms with Crippen molar-refractivity contribution in [2.24, 2.45) is 0 Å². The zero-order valence-corrected chi connectivity index (χ0v) is 38.6. The molecule has 0 aliphatic carbocycles. The molecule has 0 saturated carbocycles. The van der Waals surface area contributed by atoms with Crippen LogP contribution in [0.25, 0.3) is 0 Å². The molecule has 62 heavy (non-hydrogen) atoms. The maximum atomic E-state index is 14.1. The second-order valence-corrected chi connectivity index (χ2v) is 18.9. The van der Waals surface area contributed by atoms with E-state index in [-0.39, 0.29) is 50.6 Å². The van der Waals surface area contributed by atoms with Gasteiger partial charge in [0.1, 0.15) is 11.5 Å². The molecule has 1 atom stereocenters. The summed E-state index contributed by atoms with van der Waals surface area (Å²) in [7, 11) is -1.30. The molecule has 4 heterocycles. The molecule has 0 saturated heterocycles. The fourth-order valence-corrected chi connectivity index (χ4v) is 11.5. The lowest BCUT2D eigenvalue weighted by molar-refractivity contribution is -0.117. The van der Waals surface area contributed by atoms with Gasteiger partial charge in [-0.1, -0.05) is 36.0 Å². The van der Waals surface area contributed by atoms with E-state index in [0.717, 1.165) is 30.4 Å². The highest BCUT2D eigenvalue weighted by Gasteiger charge is 2.57. The van der Waals surface area contributed by atoms with Gasteiger partial charge in [0.15, 0.2) is 5.60 Å². The summed E-state index contributed by atoms with van der Waals surface area (Å²) in [5, 5.41) is 12.0. The van der Waals surface area contributed by atoms with E-state index in [9.17, 15) is 19.2 Å². The monoisotopic (exact) mass is 905 g/mol. The number of nitrogens with one attached hydrogen (secondary N) is 1. The molecule has 4 aliphatic heterocycles. The van der Waals surface area contributed by atoms with Crippen LogP contribution in [-0.2, 0) is 41.8 Å². The number of carbonyl (C=O) groups excluding carboxylic acids is 4. The van der Waals surface area contributed by atoms with Crippen LogP contribution in [-0.4, -0.2) is 73.3 Å². The SMILES string of the molecule is CC(=O)N1CCCc2c1ccc1c2Oc2c(ccc3c2CCCN3C(C)=O)C12OC(=O)c1c(Cl)cc(C(=O)NCCCCCCOP(OCCC#N)N(C(C)C)C(C)C)c(Cl)c12. The molecular formula is C46H54Cl2N5O8P. The average molecular weight is 907 g/mol. The number of benzene rings is 3. The molecule has 0 bridgehead atoms. The van der Waals surface area contributed by atoms with Crippen molar-refractivity contribution in [1.82, 2.24) is 9.99 Å². The molecule has 4 aliphatic rings. The van der Waals surface area contributed by atoms with Gasteiger partial charge in [-0.15, -0.1) is 0 Å². The van der Waals surface area contributed by atoms with E-state index >= 15 is 0 Å². The number of amides is 3. The molecule has 0 aromatic heterocycles. The van der Waals surface area contributed by atoms with Crippen molar-refractivity contribution in [2.75, 3.05) is 42.6 Å². The van der Waals surface area contributed by atoms with Crippen molar-refractivity contribution in [3.8, 4) is 17.6 Å². The maximum absolute atomic E-state index is 14.1. The van der Waals surface area contributed by atoms with Crippen LogP contribution in [0.15, 0.2) is 30.3 Å². The zero-order chi connectivity index (χ0) is 44.5. The van der Waals surface area contributed by atoms with Crippen molar-refractivity contribution in [2.45, 2.75) is 117 Å². The van der Waals surface area contributed by atoms with Gasteiger partial charge in [-0.25, -0.2) is 9.46 Å². The summed E-state index contributed by atoms with van der Waals surface area (Å²) in [6, 6.07) is 11.3. The van der Waals surface area contributed by atoms with Crippen LogP contribution in [0.4, 0.5) is 11.4 Å². The van der Waals surface area contributed by atoms with Crippen LogP contribution in [0.3, 0.4) is 0 Å². The molecule has 1 unspecified atom stereocenters. The van der Waals surface area contributed by atoms with Gasteiger partial charge < -0.3 is 33.6 Å². The zero-order valence-electron chi connectivity index (χ0n) is 36.2. The van der Waals surface area contributed by atoms with Gasteiger partial charge in [0.2, 0.25) is 11.8 Å². The second-order valence-electron chi connectivity index (χ2n) is 16.6. The summed E-state index contributed by atoms with van der Waals surface area (Å²) in [5.74, 6) is -0.461. The Bertz CT molecular complexity index is 2230. The predicted molar refractivity (Wildman–Crippen MR) is 239 cm³/mol. The van der Waals surface area contributed by atoms with E-state index in [1.807, 2.05) is 12.1 Å². The molecule has 1 spiro atoms. The third-order valence-corrected chi connectivity index (χ3v) is 14.7. The smallest absolute Gasteiger partial charge is 0.341 e. The first-order chi connectivity index (χ1) is 29.7. The fourth-order valence-electron chi connectivity index (χ4n) is 9.26. The largest absolute Gasteiger partial charge is 0.456 e. The minimum absolute atomic E-state index is 0.0255. The lowest BCUT2D eigenvalue weighted by Crippen LogP contribution is -2.38. The molecule has 330 valence electrons. The van der Waals surface area contributed by atoms with Gasteiger partial charge in [-0.2, -0.15) is 5.26 Å². The molecule has 3 aromatic carbocycles. The summed E-state index contributed by atoms with van der Waals surface area (Å²) in [6.07, 6.45) is 6.09. The minimum Gasteiger partial charge on any atom is -0.456 e. The van der Waals surface area contributed by atoms with E-state index in [2.05, 4.69) is 43.8 Å². The number of anilines is 2. The van der Waals surface area contributed by atoms with Crippen LogP contribution in [0, 0.1) is 11.3 Å². The summed E-state index contributed by atoms with van der Waals surface area (Å²) in [5.41, 5.74) is 2.73. The number of nitriles is 1. The van der Waals surface area contributed by atoms with Gasteiger partial charge in [-0.05, 0) is 96.6 Å². The summed E-state index contributed by atoms with van der Waals surface area (Å²) in [4.78, 5) is 57.2.